The number of rotatable bonds is 4. The van der Waals surface area contributed by atoms with Crippen LogP contribution in [0.4, 0.5) is 4.39 Å². The van der Waals surface area contributed by atoms with E-state index in [9.17, 15) is 22.9 Å². The Morgan fingerprint density at radius 3 is 2.79 bits per heavy atom. The normalized spacial score (nSPS) is 26.1. The molecule has 1 spiro atoms. The summed E-state index contributed by atoms with van der Waals surface area (Å²) in [7, 11) is -3.81. The standard InChI is InChI=1S/C22H20ClFN4O4S/c1-21(12-33(30,31)22(20(26)28-21)4-5-32-11-22)16-6-13(2-3-17(16)24)7-18(29)19-14(9-25)8-15(23)10-27-19/h2-3,6,8,10H,4-5,7,11-12H2,1H3,(H2,26,28)/t21-,22-/m0/s1. The predicted octanol–water partition coefficient (Wildman–Crippen LogP) is 2.33. The summed E-state index contributed by atoms with van der Waals surface area (Å²) in [6.07, 6.45) is 1.28. The Morgan fingerprint density at radius 2 is 2.15 bits per heavy atom. The van der Waals surface area contributed by atoms with Crippen LogP contribution in [0.3, 0.4) is 0 Å². The van der Waals surface area contributed by atoms with Gasteiger partial charge in [0.05, 0.1) is 22.9 Å². The summed E-state index contributed by atoms with van der Waals surface area (Å²) in [5, 5.41) is 9.48. The molecule has 0 radical (unpaired) electrons. The van der Waals surface area contributed by atoms with Crippen LogP contribution >= 0.6 is 11.6 Å². The average molecular weight is 491 g/mol. The number of carbonyl (C=O) groups is 1. The molecule has 1 fully saturated rings. The molecule has 33 heavy (non-hydrogen) atoms. The van der Waals surface area contributed by atoms with Gasteiger partial charge in [0.15, 0.2) is 20.4 Å². The number of ketones is 1. The van der Waals surface area contributed by atoms with E-state index in [-0.39, 0.29) is 53.7 Å². The number of nitriles is 1. The predicted molar refractivity (Wildman–Crippen MR) is 119 cm³/mol. The summed E-state index contributed by atoms with van der Waals surface area (Å²) < 4.78 is 45.2. The maximum absolute atomic E-state index is 14.9. The second kappa shape index (κ2) is 8.17. The van der Waals surface area contributed by atoms with Gasteiger partial charge in [-0.3, -0.25) is 14.8 Å². The topological polar surface area (TPSA) is 136 Å². The lowest BCUT2D eigenvalue weighted by Crippen LogP contribution is -2.58. The van der Waals surface area contributed by atoms with Crippen LogP contribution < -0.4 is 5.73 Å². The van der Waals surface area contributed by atoms with Gasteiger partial charge in [0.1, 0.15) is 29.0 Å². The third kappa shape index (κ3) is 3.90. The number of halogens is 2. The van der Waals surface area contributed by atoms with Gasteiger partial charge < -0.3 is 10.5 Å². The van der Waals surface area contributed by atoms with Crippen LogP contribution in [0, 0.1) is 17.1 Å². The highest BCUT2D eigenvalue weighted by molar-refractivity contribution is 7.93. The van der Waals surface area contributed by atoms with Crippen LogP contribution in [0.25, 0.3) is 0 Å². The second-order valence-electron chi connectivity index (χ2n) is 8.40. The van der Waals surface area contributed by atoms with Crippen molar-refractivity contribution in [3.63, 3.8) is 0 Å². The molecule has 2 aliphatic heterocycles. The summed E-state index contributed by atoms with van der Waals surface area (Å²) in [5.41, 5.74) is 5.04. The van der Waals surface area contributed by atoms with Gasteiger partial charge in [-0.25, -0.2) is 12.8 Å². The van der Waals surface area contributed by atoms with E-state index in [4.69, 9.17) is 22.1 Å². The Kier molecular flexibility index (Phi) is 5.76. The molecule has 0 bridgehead atoms. The highest BCUT2D eigenvalue weighted by atomic mass is 35.5. The number of ether oxygens (including phenoxy) is 1. The fourth-order valence-electron chi connectivity index (χ4n) is 4.31. The number of Topliss-reactive ketones (excluding diaryl/α,β-unsaturated/α-hetero) is 1. The molecule has 2 aromatic rings. The average Bonchev–Trinajstić information content (AvgIpc) is 3.25. The molecule has 2 aliphatic rings. The maximum Gasteiger partial charge on any atom is 0.186 e. The Bertz CT molecular complexity index is 1330. The van der Waals surface area contributed by atoms with Gasteiger partial charge >= 0.3 is 0 Å². The zero-order valence-electron chi connectivity index (χ0n) is 17.6. The molecule has 2 atom stereocenters. The Labute approximate surface area is 195 Å². The Balaban J connectivity index is 1.71. The number of nitrogens with two attached hydrogens (primary N) is 1. The number of carbonyl (C=O) groups excluding carboxylic acids is 1. The number of aliphatic imine (C=N–C) groups is 1. The van der Waals surface area contributed by atoms with Crippen molar-refractivity contribution in [3.8, 4) is 6.07 Å². The first-order valence-electron chi connectivity index (χ1n) is 10.0. The fraction of sp³-hybridized carbons (Fsp3) is 0.364. The van der Waals surface area contributed by atoms with Crippen molar-refractivity contribution in [1.82, 2.24) is 4.98 Å². The molecule has 0 aliphatic carbocycles. The van der Waals surface area contributed by atoms with E-state index in [0.29, 0.717) is 5.56 Å². The zero-order valence-corrected chi connectivity index (χ0v) is 19.2. The summed E-state index contributed by atoms with van der Waals surface area (Å²) >= 11 is 5.83. The van der Waals surface area contributed by atoms with E-state index in [1.807, 2.05) is 6.07 Å². The number of sulfone groups is 1. The molecule has 1 aromatic heterocycles. The Morgan fingerprint density at radius 1 is 1.39 bits per heavy atom. The van der Waals surface area contributed by atoms with E-state index in [1.54, 1.807) is 0 Å². The molecule has 0 unspecified atom stereocenters. The van der Waals surface area contributed by atoms with Gasteiger partial charge in [0, 0.05) is 24.8 Å². The van der Waals surface area contributed by atoms with E-state index >= 15 is 0 Å². The lowest BCUT2D eigenvalue weighted by atomic mass is 9.90. The largest absolute Gasteiger partial charge is 0.386 e. The molecular formula is C22H20ClFN4O4S. The molecule has 4 rings (SSSR count). The quantitative estimate of drug-likeness (QED) is 0.649. The van der Waals surface area contributed by atoms with Crippen molar-refractivity contribution in [3.05, 3.63) is 63.7 Å². The van der Waals surface area contributed by atoms with Crippen LogP contribution in [-0.4, -0.2) is 48.7 Å². The molecule has 8 nitrogen and oxygen atoms in total. The molecule has 3 heterocycles. The number of hydrogen-bond donors (Lipinski definition) is 1. The van der Waals surface area contributed by atoms with Gasteiger partial charge in [-0.1, -0.05) is 17.7 Å². The third-order valence-electron chi connectivity index (χ3n) is 6.10. The van der Waals surface area contributed by atoms with E-state index < -0.39 is 37.5 Å². The first kappa shape index (κ1) is 23.3. The number of amidine groups is 1. The van der Waals surface area contributed by atoms with Crippen LogP contribution in [0.2, 0.25) is 5.02 Å². The minimum Gasteiger partial charge on any atom is -0.386 e. The van der Waals surface area contributed by atoms with Gasteiger partial charge in [-0.05, 0) is 37.1 Å². The summed E-state index contributed by atoms with van der Waals surface area (Å²) in [5.74, 6) is -1.68. The summed E-state index contributed by atoms with van der Waals surface area (Å²) in [6.45, 7) is 1.67. The van der Waals surface area contributed by atoms with Crippen molar-refractivity contribution in [2.45, 2.75) is 30.1 Å². The number of pyridine rings is 1. The molecule has 1 saturated heterocycles. The van der Waals surface area contributed by atoms with Gasteiger partial charge in [0.25, 0.3) is 0 Å². The van der Waals surface area contributed by atoms with E-state index in [1.165, 1.54) is 31.3 Å². The third-order valence-corrected chi connectivity index (χ3v) is 8.97. The lowest BCUT2D eigenvalue weighted by molar-refractivity contribution is 0.0988. The van der Waals surface area contributed by atoms with Crippen molar-refractivity contribution < 1.29 is 22.3 Å². The summed E-state index contributed by atoms with van der Waals surface area (Å²) in [4.78, 5) is 21.2. The molecule has 172 valence electrons. The van der Waals surface area contributed by atoms with Gasteiger partial charge in [-0.15, -0.1) is 0 Å². The van der Waals surface area contributed by atoms with Gasteiger partial charge in [0.2, 0.25) is 0 Å². The first-order valence-corrected chi connectivity index (χ1v) is 12.1. The zero-order chi connectivity index (χ0) is 24.0. The van der Waals surface area contributed by atoms with Crippen molar-refractivity contribution >= 4 is 33.1 Å². The molecule has 2 N–H and O–H groups in total. The number of benzene rings is 1. The second-order valence-corrected chi connectivity index (χ2v) is 11.1. The molecule has 1 aromatic carbocycles. The molecule has 0 amide bonds. The highest BCUT2D eigenvalue weighted by Gasteiger charge is 2.57. The molecule has 11 heteroatoms. The van der Waals surface area contributed by atoms with Crippen molar-refractivity contribution in [2.75, 3.05) is 19.0 Å². The van der Waals surface area contributed by atoms with Crippen LogP contribution in [0.5, 0.6) is 0 Å². The Hall–Kier alpha value is -2.87. The first-order chi connectivity index (χ1) is 15.5. The van der Waals surface area contributed by atoms with E-state index in [0.717, 1.165) is 6.07 Å². The minimum atomic E-state index is -3.81. The highest BCUT2D eigenvalue weighted by Crippen LogP contribution is 2.41. The van der Waals surface area contributed by atoms with Gasteiger partial charge in [-0.2, -0.15) is 5.26 Å². The monoisotopic (exact) mass is 490 g/mol. The molecule has 0 saturated carbocycles. The van der Waals surface area contributed by atoms with Crippen LogP contribution in [0.1, 0.15) is 40.5 Å². The fourth-order valence-corrected chi connectivity index (χ4v) is 6.73. The van der Waals surface area contributed by atoms with Crippen molar-refractivity contribution in [1.29, 1.82) is 5.26 Å². The van der Waals surface area contributed by atoms with Crippen LogP contribution in [0.15, 0.2) is 35.5 Å². The van der Waals surface area contributed by atoms with Crippen LogP contribution in [-0.2, 0) is 26.5 Å². The number of nitrogens with zero attached hydrogens (tertiary/aromatic N) is 3. The SMILES string of the molecule is C[C@@]1(c2cc(CC(=O)c3ncc(Cl)cc3C#N)ccc2F)CS(=O)(=O)[C@]2(CCOC2)C(N)=N1. The van der Waals surface area contributed by atoms with Crippen molar-refractivity contribution in [2.24, 2.45) is 10.7 Å². The minimum absolute atomic E-state index is 0.0117. The maximum atomic E-state index is 14.9. The lowest BCUT2D eigenvalue weighted by Gasteiger charge is -2.39. The smallest absolute Gasteiger partial charge is 0.186 e. The number of hydrogen-bond acceptors (Lipinski definition) is 8. The number of aromatic nitrogens is 1. The van der Waals surface area contributed by atoms with E-state index in [2.05, 4.69) is 9.98 Å². The molecular weight excluding hydrogens is 471 g/mol. The summed E-state index contributed by atoms with van der Waals surface area (Å²) in [6, 6.07) is 7.20.